The Bertz CT molecular complexity index is 253. The van der Waals surface area contributed by atoms with Crippen LogP contribution in [0.25, 0.3) is 0 Å². The van der Waals surface area contributed by atoms with Gasteiger partial charge in [-0.25, -0.2) is 0 Å². The topological polar surface area (TPSA) is 32.3 Å². The van der Waals surface area contributed by atoms with Crippen molar-refractivity contribution < 1.29 is 4.79 Å². The van der Waals surface area contributed by atoms with Crippen molar-refractivity contribution in [3.05, 3.63) is 0 Å². The van der Waals surface area contributed by atoms with E-state index in [9.17, 15) is 4.79 Å². The summed E-state index contributed by atoms with van der Waals surface area (Å²) in [7, 11) is 0. The predicted molar refractivity (Wildman–Crippen MR) is 65.0 cm³/mol. The molecule has 1 amide bonds. The van der Waals surface area contributed by atoms with Crippen LogP contribution in [0.3, 0.4) is 0 Å². The quantitative estimate of drug-likeness (QED) is 0.729. The number of likely N-dealkylation sites (tertiary alicyclic amines) is 1. The van der Waals surface area contributed by atoms with Crippen LogP contribution in [0, 0.1) is 23.7 Å². The molecule has 0 aromatic heterocycles. The van der Waals surface area contributed by atoms with Gasteiger partial charge in [-0.3, -0.25) is 4.79 Å². The van der Waals surface area contributed by atoms with Crippen LogP contribution in [0.1, 0.15) is 27.2 Å². The lowest BCUT2D eigenvalue weighted by atomic mass is 10.2. The summed E-state index contributed by atoms with van der Waals surface area (Å²) in [4.78, 5) is 14.2. The number of nitrogens with one attached hydrogen (secondary N) is 1. The molecule has 3 fully saturated rings. The highest BCUT2D eigenvalue weighted by Crippen LogP contribution is 2.49. The first-order valence-corrected chi connectivity index (χ1v) is 6.77. The second kappa shape index (κ2) is 4.74. The standard InChI is InChI=1S/C11H18N2O.C2H6/c1-7-2-3-13(6-7)11(14)10-8-4-12-5-9(8)10;1-2/h7-10,12H,2-6H2,1H3;1-2H3. The summed E-state index contributed by atoms with van der Waals surface area (Å²) in [6, 6.07) is 0. The number of amides is 1. The largest absolute Gasteiger partial charge is 0.342 e. The van der Waals surface area contributed by atoms with E-state index in [1.165, 1.54) is 6.42 Å². The molecule has 3 heteroatoms. The lowest BCUT2D eigenvalue weighted by Crippen LogP contribution is -2.33. The van der Waals surface area contributed by atoms with Crippen LogP contribution in [0.2, 0.25) is 0 Å². The summed E-state index contributed by atoms with van der Waals surface area (Å²) in [5, 5.41) is 3.34. The fourth-order valence-electron chi connectivity index (χ4n) is 3.13. The van der Waals surface area contributed by atoms with E-state index in [0.29, 0.717) is 23.7 Å². The highest BCUT2D eigenvalue weighted by Gasteiger charge is 2.58. The highest BCUT2D eigenvalue weighted by atomic mass is 16.2. The van der Waals surface area contributed by atoms with Gasteiger partial charge in [0.25, 0.3) is 0 Å². The SMILES string of the molecule is CC.CC1CCN(C(=O)C2C3CNCC32)C1. The summed E-state index contributed by atoms with van der Waals surface area (Å²) in [5.74, 6) is 2.92. The molecule has 2 heterocycles. The molecule has 3 aliphatic rings. The number of carbonyl (C=O) groups is 1. The van der Waals surface area contributed by atoms with Crippen LogP contribution in [0.4, 0.5) is 0 Å². The second-order valence-corrected chi connectivity index (χ2v) is 5.19. The van der Waals surface area contributed by atoms with E-state index < -0.39 is 0 Å². The molecule has 2 saturated heterocycles. The van der Waals surface area contributed by atoms with Gasteiger partial charge in [-0.05, 0) is 37.3 Å². The third-order valence-corrected chi connectivity index (χ3v) is 4.11. The van der Waals surface area contributed by atoms with Gasteiger partial charge in [-0.2, -0.15) is 0 Å². The second-order valence-electron chi connectivity index (χ2n) is 5.19. The Labute approximate surface area is 98.6 Å². The van der Waals surface area contributed by atoms with Crippen LogP contribution >= 0.6 is 0 Å². The van der Waals surface area contributed by atoms with E-state index in [2.05, 4.69) is 17.1 Å². The van der Waals surface area contributed by atoms with Crippen molar-refractivity contribution in [1.29, 1.82) is 0 Å². The molecule has 16 heavy (non-hydrogen) atoms. The van der Waals surface area contributed by atoms with Crippen LogP contribution in [-0.4, -0.2) is 37.0 Å². The minimum Gasteiger partial charge on any atom is -0.342 e. The molecule has 92 valence electrons. The van der Waals surface area contributed by atoms with Crippen LogP contribution in [0.15, 0.2) is 0 Å². The number of rotatable bonds is 1. The van der Waals surface area contributed by atoms with Gasteiger partial charge in [-0.15, -0.1) is 0 Å². The Balaban J connectivity index is 0.000000457. The number of nitrogens with zero attached hydrogens (tertiary/aromatic N) is 1. The zero-order valence-corrected chi connectivity index (χ0v) is 10.7. The Morgan fingerprint density at radius 2 is 1.88 bits per heavy atom. The normalized spacial score (nSPS) is 40.1. The van der Waals surface area contributed by atoms with E-state index in [-0.39, 0.29) is 0 Å². The summed E-state index contributed by atoms with van der Waals surface area (Å²) in [6.07, 6.45) is 1.20. The summed E-state index contributed by atoms with van der Waals surface area (Å²) in [6.45, 7) is 10.4. The smallest absolute Gasteiger partial charge is 0.226 e. The predicted octanol–water partition coefficient (Wildman–Crippen LogP) is 1.35. The third kappa shape index (κ3) is 1.97. The number of fused-ring (bicyclic) bond motifs is 1. The summed E-state index contributed by atoms with van der Waals surface area (Å²) >= 11 is 0. The van der Waals surface area contributed by atoms with Crippen molar-refractivity contribution in [3.63, 3.8) is 0 Å². The molecule has 3 unspecified atom stereocenters. The molecular weight excluding hydrogens is 200 g/mol. The first-order chi connectivity index (χ1) is 7.77. The molecule has 1 saturated carbocycles. The number of hydrogen-bond acceptors (Lipinski definition) is 2. The molecule has 2 aliphatic heterocycles. The minimum absolute atomic E-state index is 0.390. The summed E-state index contributed by atoms with van der Waals surface area (Å²) in [5.41, 5.74) is 0. The maximum Gasteiger partial charge on any atom is 0.226 e. The highest BCUT2D eigenvalue weighted by molar-refractivity contribution is 5.83. The summed E-state index contributed by atoms with van der Waals surface area (Å²) < 4.78 is 0. The van der Waals surface area contributed by atoms with Crippen LogP contribution in [-0.2, 0) is 4.79 Å². The van der Waals surface area contributed by atoms with Crippen molar-refractivity contribution >= 4 is 5.91 Å². The van der Waals surface area contributed by atoms with Gasteiger partial charge in [0.2, 0.25) is 5.91 Å². The fourth-order valence-corrected chi connectivity index (χ4v) is 3.13. The van der Waals surface area contributed by atoms with Crippen molar-refractivity contribution in [2.24, 2.45) is 23.7 Å². The van der Waals surface area contributed by atoms with E-state index in [1.807, 2.05) is 13.8 Å². The zero-order chi connectivity index (χ0) is 11.7. The van der Waals surface area contributed by atoms with E-state index in [0.717, 1.165) is 32.1 Å². The zero-order valence-electron chi connectivity index (χ0n) is 10.7. The van der Waals surface area contributed by atoms with Gasteiger partial charge in [0.15, 0.2) is 0 Å². The van der Waals surface area contributed by atoms with Gasteiger partial charge in [-0.1, -0.05) is 20.8 Å². The molecule has 0 spiro atoms. The Morgan fingerprint density at radius 1 is 1.25 bits per heavy atom. The average Bonchev–Trinajstić information content (AvgIpc) is 2.73. The lowest BCUT2D eigenvalue weighted by molar-refractivity contribution is -0.132. The first kappa shape index (κ1) is 11.9. The van der Waals surface area contributed by atoms with Gasteiger partial charge >= 0.3 is 0 Å². The van der Waals surface area contributed by atoms with Crippen LogP contribution < -0.4 is 5.32 Å². The Hall–Kier alpha value is -0.570. The lowest BCUT2D eigenvalue weighted by Gasteiger charge is -2.17. The number of carbonyl (C=O) groups excluding carboxylic acids is 1. The molecule has 0 radical (unpaired) electrons. The minimum atomic E-state index is 0.390. The maximum absolute atomic E-state index is 12.1. The third-order valence-electron chi connectivity index (χ3n) is 4.11. The molecule has 1 N–H and O–H groups in total. The first-order valence-electron chi connectivity index (χ1n) is 6.77. The monoisotopic (exact) mass is 224 g/mol. The maximum atomic E-state index is 12.1. The fraction of sp³-hybridized carbons (Fsp3) is 0.923. The van der Waals surface area contributed by atoms with Crippen molar-refractivity contribution in [3.8, 4) is 0 Å². The molecular formula is C13H24N2O. The molecule has 3 nitrogen and oxygen atoms in total. The van der Waals surface area contributed by atoms with Crippen LogP contribution in [0.5, 0.6) is 0 Å². The average molecular weight is 224 g/mol. The Kier molecular flexibility index (Phi) is 3.53. The molecule has 1 aliphatic carbocycles. The molecule has 0 bridgehead atoms. The van der Waals surface area contributed by atoms with Gasteiger partial charge < -0.3 is 10.2 Å². The molecule has 0 aromatic carbocycles. The molecule has 3 atom stereocenters. The molecule has 3 rings (SSSR count). The Morgan fingerprint density at radius 3 is 2.38 bits per heavy atom. The van der Waals surface area contributed by atoms with Gasteiger partial charge in [0.05, 0.1) is 0 Å². The molecule has 0 aromatic rings. The van der Waals surface area contributed by atoms with Crippen molar-refractivity contribution in [2.45, 2.75) is 27.2 Å². The van der Waals surface area contributed by atoms with Gasteiger partial charge in [0, 0.05) is 19.0 Å². The van der Waals surface area contributed by atoms with E-state index in [1.54, 1.807) is 0 Å². The van der Waals surface area contributed by atoms with Gasteiger partial charge in [0.1, 0.15) is 0 Å². The van der Waals surface area contributed by atoms with E-state index >= 15 is 0 Å². The number of piperidine rings is 1. The van der Waals surface area contributed by atoms with Crippen molar-refractivity contribution in [2.75, 3.05) is 26.2 Å². The van der Waals surface area contributed by atoms with Crippen molar-refractivity contribution in [1.82, 2.24) is 10.2 Å². The number of hydrogen-bond donors (Lipinski definition) is 1. The van der Waals surface area contributed by atoms with E-state index in [4.69, 9.17) is 0 Å².